The summed E-state index contributed by atoms with van der Waals surface area (Å²) in [6.07, 6.45) is 0. The van der Waals surface area contributed by atoms with Gasteiger partial charge in [-0.1, -0.05) is 0 Å². The first-order valence-electron chi connectivity index (χ1n) is 4.73. The molecule has 0 aromatic carbocycles. The van der Waals surface area contributed by atoms with E-state index >= 15 is 0 Å². The van der Waals surface area contributed by atoms with Gasteiger partial charge in [0.2, 0.25) is 0 Å². The van der Waals surface area contributed by atoms with Crippen molar-refractivity contribution in [3.05, 3.63) is 17.6 Å². The van der Waals surface area contributed by atoms with Crippen molar-refractivity contribution >= 4 is 5.82 Å². The minimum absolute atomic E-state index is 0.437. The van der Waals surface area contributed by atoms with Crippen molar-refractivity contribution in [1.82, 2.24) is 9.89 Å². The first kappa shape index (κ1) is 9.78. The van der Waals surface area contributed by atoms with Gasteiger partial charge < -0.3 is 21.3 Å². The number of aromatic nitrogens is 2. The average molecular weight is 210 g/mol. The van der Waals surface area contributed by atoms with Gasteiger partial charge in [-0.15, -0.1) is 5.10 Å². The van der Waals surface area contributed by atoms with Crippen LogP contribution < -0.4 is 22.1 Å². The molecule has 1 saturated heterocycles. The number of nitrogens with zero attached hydrogens (tertiary/aromatic N) is 4. The van der Waals surface area contributed by atoms with E-state index in [1.807, 2.05) is 6.07 Å². The van der Waals surface area contributed by atoms with Gasteiger partial charge in [0.05, 0.1) is 13.2 Å². The second kappa shape index (κ2) is 4.18. The molecule has 0 radical (unpaired) electrons. The van der Waals surface area contributed by atoms with Crippen LogP contribution in [-0.4, -0.2) is 36.2 Å². The van der Waals surface area contributed by atoms with Crippen LogP contribution in [0.15, 0.2) is 17.2 Å². The van der Waals surface area contributed by atoms with E-state index < -0.39 is 0 Å². The Labute approximate surface area is 86.9 Å². The summed E-state index contributed by atoms with van der Waals surface area (Å²) in [5.74, 6) is 11.6. The zero-order valence-corrected chi connectivity index (χ0v) is 8.33. The van der Waals surface area contributed by atoms with E-state index in [1.54, 1.807) is 6.07 Å². The molecule has 0 amide bonds. The van der Waals surface area contributed by atoms with Crippen LogP contribution in [0.25, 0.3) is 0 Å². The summed E-state index contributed by atoms with van der Waals surface area (Å²) in [5, 5.41) is 7.65. The van der Waals surface area contributed by atoms with Crippen LogP contribution in [0, 0.1) is 0 Å². The second-order valence-corrected chi connectivity index (χ2v) is 3.22. The van der Waals surface area contributed by atoms with E-state index in [2.05, 4.69) is 15.1 Å². The monoisotopic (exact) mass is 210 g/mol. The molecule has 7 nitrogen and oxygen atoms in total. The van der Waals surface area contributed by atoms with Crippen LogP contribution in [0.3, 0.4) is 0 Å². The summed E-state index contributed by atoms with van der Waals surface area (Å²) in [4.78, 5) is 3.28. The van der Waals surface area contributed by atoms with Gasteiger partial charge in [0.1, 0.15) is 0 Å². The molecule has 0 bridgehead atoms. The van der Waals surface area contributed by atoms with Crippen LogP contribution in [0.4, 0.5) is 5.82 Å². The van der Waals surface area contributed by atoms with Crippen molar-refractivity contribution in [3.8, 4) is 0 Å². The fourth-order valence-corrected chi connectivity index (χ4v) is 1.48. The summed E-state index contributed by atoms with van der Waals surface area (Å²) in [7, 11) is 0. The van der Waals surface area contributed by atoms with Crippen molar-refractivity contribution in [1.29, 1.82) is 0 Å². The van der Waals surface area contributed by atoms with Gasteiger partial charge in [-0.2, -0.15) is 9.89 Å². The summed E-state index contributed by atoms with van der Waals surface area (Å²) < 4.78 is 5.25. The lowest BCUT2D eigenvalue weighted by molar-refractivity contribution is 0.122. The standard InChI is InChI=1S/C8H14N6O/c9-11-7-1-2-8(12-14(7)10)13-3-5-15-6-4-13/h1-2H,3-6,9-10H2/b11-7-. The Morgan fingerprint density at radius 1 is 1.33 bits per heavy atom. The van der Waals surface area contributed by atoms with Gasteiger partial charge in [-0.3, -0.25) is 0 Å². The molecule has 4 N–H and O–H groups in total. The molecule has 82 valence electrons. The highest BCUT2D eigenvalue weighted by Crippen LogP contribution is 2.08. The Morgan fingerprint density at radius 3 is 2.67 bits per heavy atom. The largest absolute Gasteiger partial charge is 0.378 e. The zero-order chi connectivity index (χ0) is 10.7. The van der Waals surface area contributed by atoms with Crippen LogP contribution in [0.5, 0.6) is 0 Å². The number of ether oxygens (including phenoxy) is 1. The summed E-state index contributed by atoms with van der Waals surface area (Å²) >= 11 is 0. The molecule has 15 heavy (non-hydrogen) atoms. The number of nitrogen functional groups attached to an aromatic ring is 1. The molecule has 1 aromatic rings. The third-order valence-electron chi connectivity index (χ3n) is 2.29. The fraction of sp³-hybridized carbons (Fsp3) is 0.500. The van der Waals surface area contributed by atoms with E-state index in [-0.39, 0.29) is 0 Å². The molecule has 0 unspecified atom stereocenters. The molecule has 2 rings (SSSR count). The highest BCUT2D eigenvalue weighted by atomic mass is 16.5. The molecular formula is C8H14N6O. The first-order valence-corrected chi connectivity index (χ1v) is 4.73. The Hall–Kier alpha value is -1.76. The number of hydrogen-bond donors (Lipinski definition) is 2. The van der Waals surface area contributed by atoms with Crippen molar-refractivity contribution in [2.45, 2.75) is 0 Å². The topological polar surface area (TPSA) is 94.7 Å². The molecule has 0 saturated carbocycles. The molecule has 1 aliphatic rings. The lowest BCUT2D eigenvalue weighted by atomic mass is 10.4. The molecule has 2 heterocycles. The quantitative estimate of drug-likeness (QED) is 0.421. The third-order valence-corrected chi connectivity index (χ3v) is 2.29. The normalized spacial score (nSPS) is 18.1. The summed E-state index contributed by atoms with van der Waals surface area (Å²) in [5.41, 5.74) is 0.437. The van der Waals surface area contributed by atoms with Gasteiger partial charge >= 0.3 is 0 Å². The number of anilines is 1. The number of rotatable bonds is 1. The van der Waals surface area contributed by atoms with Crippen LogP contribution in [-0.2, 0) is 4.74 Å². The van der Waals surface area contributed by atoms with Gasteiger partial charge in [0, 0.05) is 13.1 Å². The van der Waals surface area contributed by atoms with Crippen LogP contribution in [0.2, 0.25) is 0 Å². The van der Waals surface area contributed by atoms with Gasteiger partial charge in [-0.25, -0.2) is 0 Å². The maximum Gasteiger partial charge on any atom is 0.190 e. The minimum atomic E-state index is 0.437. The summed E-state index contributed by atoms with van der Waals surface area (Å²) in [6, 6.07) is 3.58. The minimum Gasteiger partial charge on any atom is -0.378 e. The van der Waals surface area contributed by atoms with E-state index in [9.17, 15) is 0 Å². The van der Waals surface area contributed by atoms with Gasteiger partial charge in [0.25, 0.3) is 0 Å². The SMILES string of the molecule is N/N=c1/ccc(N2CCOCC2)nn1N. The number of morpholine rings is 1. The molecule has 7 heteroatoms. The second-order valence-electron chi connectivity index (χ2n) is 3.22. The van der Waals surface area contributed by atoms with Crippen LogP contribution in [0.1, 0.15) is 0 Å². The highest BCUT2D eigenvalue weighted by Gasteiger charge is 2.12. The van der Waals surface area contributed by atoms with E-state index in [0.717, 1.165) is 32.1 Å². The smallest absolute Gasteiger partial charge is 0.190 e. The predicted octanol–water partition coefficient (Wildman–Crippen LogP) is -1.79. The lowest BCUT2D eigenvalue weighted by Crippen LogP contribution is -2.39. The molecular weight excluding hydrogens is 196 g/mol. The fourth-order valence-electron chi connectivity index (χ4n) is 1.48. The van der Waals surface area contributed by atoms with E-state index in [4.69, 9.17) is 16.4 Å². The van der Waals surface area contributed by atoms with Gasteiger partial charge in [0.15, 0.2) is 11.3 Å². The molecule has 0 atom stereocenters. The maximum absolute atomic E-state index is 5.61. The van der Waals surface area contributed by atoms with Crippen LogP contribution >= 0.6 is 0 Å². The molecule has 0 spiro atoms. The molecule has 1 aliphatic heterocycles. The highest BCUT2D eigenvalue weighted by molar-refractivity contribution is 5.36. The van der Waals surface area contributed by atoms with E-state index in [1.165, 1.54) is 4.79 Å². The maximum atomic E-state index is 5.61. The number of hydrogen-bond acceptors (Lipinski definition) is 6. The van der Waals surface area contributed by atoms with E-state index in [0.29, 0.717) is 5.49 Å². The van der Waals surface area contributed by atoms with Crippen molar-refractivity contribution < 1.29 is 4.74 Å². The zero-order valence-electron chi connectivity index (χ0n) is 8.33. The predicted molar refractivity (Wildman–Crippen MR) is 55.2 cm³/mol. The van der Waals surface area contributed by atoms with Crippen molar-refractivity contribution in [3.63, 3.8) is 0 Å². The van der Waals surface area contributed by atoms with Gasteiger partial charge in [-0.05, 0) is 12.1 Å². The first-order chi connectivity index (χ1) is 7.31. The molecule has 1 aromatic heterocycles. The molecule has 0 aliphatic carbocycles. The average Bonchev–Trinajstić information content (AvgIpc) is 2.30. The molecule has 1 fully saturated rings. The Balaban J connectivity index is 2.25. The van der Waals surface area contributed by atoms with Crippen molar-refractivity contribution in [2.75, 3.05) is 37.0 Å². The van der Waals surface area contributed by atoms with Crippen molar-refractivity contribution in [2.24, 2.45) is 10.9 Å². The number of nitrogens with two attached hydrogens (primary N) is 2. The Morgan fingerprint density at radius 2 is 2.07 bits per heavy atom. The Kier molecular flexibility index (Phi) is 2.72. The Bertz CT molecular complexity index is 394. The summed E-state index contributed by atoms with van der Waals surface area (Å²) in [6.45, 7) is 3.09. The lowest BCUT2D eigenvalue weighted by Gasteiger charge is -2.27. The third kappa shape index (κ3) is 2.01.